The molecule has 0 bridgehead atoms. The summed E-state index contributed by atoms with van der Waals surface area (Å²) in [4.78, 5) is 51.0. The third-order valence-electron chi connectivity index (χ3n) is 6.52. The van der Waals surface area contributed by atoms with Gasteiger partial charge in [-0.25, -0.2) is 4.79 Å². The number of ether oxygens (including phenoxy) is 3. The van der Waals surface area contributed by atoms with E-state index in [1.807, 2.05) is 13.8 Å². The summed E-state index contributed by atoms with van der Waals surface area (Å²) in [6.07, 6.45) is 0.176. The fourth-order valence-electron chi connectivity index (χ4n) is 4.37. The minimum atomic E-state index is -1.17. The molecule has 0 aliphatic carbocycles. The Morgan fingerprint density at radius 1 is 0.733 bits per heavy atom. The summed E-state index contributed by atoms with van der Waals surface area (Å²) in [6.45, 7) is 3.31. The van der Waals surface area contributed by atoms with E-state index in [0.717, 1.165) is 5.56 Å². The SMILES string of the molecule is COc1ccc(CC(=O)Nc2ccc(C(=O)N(CC(=O)O)Cc3ccc(OC(=O)c4ccc(OC(C)C)cc4)cc3)cc2)cc1. The number of carboxylic acid groups (broad SMARTS) is 1. The van der Waals surface area contributed by atoms with Gasteiger partial charge in [0.15, 0.2) is 0 Å². The number of hydrogen-bond acceptors (Lipinski definition) is 7. The molecule has 4 aromatic rings. The topological polar surface area (TPSA) is 131 Å². The molecule has 10 nitrogen and oxygen atoms in total. The Morgan fingerprint density at radius 2 is 1.29 bits per heavy atom. The Morgan fingerprint density at radius 3 is 1.87 bits per heavy atom. The van der Waals surface area contributed by atoms with E-state index in [9.17, 15) is 24.3 Å². The van der Waals surface area contributed by atoms with Crippen LogP contribution in [0.25, 0.3) is 0 Å². The number of amides is 2. The van der Waals surface area contributed by atoms with Crippen LogP contribution in [0.5, 0.6) is 17.2 Å². The second kappa shape index (κ2) is 15.2. The molecule has 0 unspecified atom stereocenters. The lowest BCUT2D eigenvalue weighted by atomic mass is 10.1. The van der Waals surface area contributed by atoms with Gasteiger partial charge in [-0.05, 0) is 97.8 Å². The quantitative estimate of drug-likeness (QED) is 0.148. The van der Waals surface area contributed by atoms with Crippen LogP contribution in [0.2, 0.25) is 0 Å². The van der Waals surface area contributed by atoms with E-state index in [0.29, 0.717) is 34.1 Å². The fourth-order valence-corrected chi connectivity index (χ4v) is 4.37. The first-order valence-corrected chi connectivity index (χ1v) is 14.2. The minimum Gasteiger partial charge on any atom is -0.497 e. The van der Waals surface area contributed by atoms with Gasteiger partial charge in [-0.15, -0.1) is 0 Å². The molecule has 2 amide bonds. The summed E-state index contributed by atoms with van der Waals surface area (Å²) in [6, 6.07) is 26.5. The van der Waals surface area contributed by atoms with Gasteiger partial charge in [-0.3, -0.25) is 14.4 Å². The molecule has 0 atom stereocenters. The summed E-state index contributed by atoms with van der Waals surface area (Å²) in [5.41, 5.74) is 2.58. The number of esters is 1. The van der Waals surface area contributed by atoms with Crippen LogP contribution in [0.4, 0.5) is 5.69 Å². The van der Waals surface area contributed by atoms with Crippen LogP contribution in [0.15, 0.2) is 97.1 Å². The first-order chi connectivity index (χ1) is 21.6. The van der Waals surface area contributed by atoms with Gasteiger partial charge in [0.05, 0.1) is 25.2 Å². The van der Waals surface area contributed by atoms with Crippen LogP contribution in [-0.2, 0) is 22.6 Å². The summed E-state index contributed by atoms with van der Waals surface area (Å²) >= 11 is 0. The minimum absolute atomic E-state index is 0.0109. The van der Waals surface area contributed by atoms with E-state index in [4.69, 9.17) is 14.2 Å². The van der Waals surface area contributed by atoms with Gasteiger partial charge in [-0.1, -0.05) is 24.3 Å². The van der Waals surface area contributed by atoms with Gasteiger partial charge in [-0.2, -0.15) is 0 Å². The number of benzene rings is 4. The summed E-state index contributed by atoms with van der Waals surface area (Å²) in [7, 11) is 1.57. The van der Waals surface area contributed by atoms with Crippen LogP contribution in [0, 0.1) is 0 Å². The number of hydrogen-bond donors (Lipinski definition) is 2. The molecule has 2 N–H and O–H groups in total. The van der Waals surface area contributed by atoms with E-state index in [-0.39, 0.29) is 30.5 Å². The van der Waals surface area contributed by atoms with Crippen molar-refractivity contribution in [3.63, 3.8) is 0 Å². The van der Waals surface area contributed by atoms with Gasteiger partial charge in [0.2, 0.25) is 5.91 Å². The molecule has 232 valence electrons. The lowest BCUT2D eigenvalue weighted by molar-refractivity contribution is -0.137. The monoisotopic (exact) mass is 610 g/mol. The fraction of sp³-hybridized carbons (Fsp3) is 0.200. The molecule has 4 rings (SSSR count). The largest absolute Gasteiger partial charge is 0.497 e. The molecule has 45 heavy (non-hydrogen) atoms. The van der Waals surface area contributed by atoms with Gasteiger partial charge in [0.1, 0.15) is 23.8 Å². The first kappa shape index (κ1) is 32.3. The molecule has 0 aliphatic heterocycles. The van der Waals surface area contributed by atoms with Crippen molar-refractivity contribution in [1.82, 2.24) is 4.90 Å². The van der Waals surface area contributed by atoms with Crippen molar-refractivity contribution in [2.75, 3.05) is 19.0 Å². The molecular weight excluding hydrogens is 576 g/mol. The number of anilines is 1. The first-order valence-electron chi connectivity index (χ1n) is 14.2. The number of methoxy groups -OCH3 is 1. The smallest absolute Gasteiger partial charge is 0.343 e. The van der Waals surface area contributed by atoms with E-state index < -0.39 is 24.4 Å². The summed E-state index contributed by atoms with van der Waals surface area (Å²) in [5.74, 6) is -0.779. The molecule has 0 aliphatic rings. The van der Waals surface area contributed by atoms with Crippen molar-refractivity contribution >= 4 is 29.4 Å². The highest BCUT2D eigenvalue weighted by Crippen LogP contribution is 2.20. The van der Waals surface area contributed by atoms with Gasteiger partial charge < -0.3 is 29.5 Å². The zero-order valence-electron chi connectivity index (χ0n) is 25.2. The van der Waals surface area contributed by atoms with Crippen LogP contribution >= 0.6 is 0 Å². The van der Waals surface area contributed by atoms with E-state index in [2.05, 4.69) is 5.32 Å². The highest BCUT2D eigenvalue weighted by atomic mass is 16.5. The molecule has 10 heteroatoms. The Bertz CT molecular complexity index is 1610. The molecule has 0 radical (unpaired) electrons. The molecule has 0 spiro atoms. The van der Waals surface area contributed by atoms with E-state index >= 15 is 0 Å². The van der Waals surface area contributed by atoms with Gasteiger partial charge in [0.25, 0.3) is 5.91 Å². The van der Waals surface area contributed by atoms with Crippen LogP contribution < -0.4 is 19.5 Å². The Balaban J connectivity index is 1.35. The maximum atomic E-state index is 13.3. The average Bonchev–Trinajstić information content (AvgIpc) is 3.02. The van der Waals surface area contributed by atoms with E-state index in [1.165, 1.54) is 17.0 Å². The van der Waals surface area contributed by atoms with Crippen molar-refractivity contribution in [2.45, 2.75) is 32.9 Å². The van der Waals surface area contributed by atoms with Gasteiger partial charge in [0, 0.05) is 17.8 Å². The number of aliphatic carboxylic acids is 1. The lowest BCUT2D eigenvalue weighted by Crippen LogP contribution is -2.35. The number of nitrogens with one attached hydrogen (secondary N) is 1. The van der Waals surface area contributed by atoms with Crippen LogP contribution in [0.3, 0.4) is 0 Å². The summed E-state index contributed by atoms with van der Waals surface area (Å²) in [5, 5.41) is 12.2. The van der Waals surface area contributed by atoms with Crippen molar-refractivity contribution in [3.8, 4) is 17.2 Å². The highest BCUT2D eigenvalue weighted by molar-refractivity contribution is 5.97. The number of carboxylic acids is 1. The molecular formula is C35H34N2O8. The van der Waals surface area contributed by atoms with Crippen LogP contribution in [-0.4, -0.2) is 53.5 Å². The predicted octanol–water partition coefficient (Wildman–Crippen LogP) is 5.61. The third-order valence-corrected chi connectivity index (χ3v) is 6.52. The number of carbonyl (C=O) groups excluding carboxylic acids is 3. The van der Waals surface area contributed by atoms with Crippen molar-refractivity contribution < 1.29 is 38.5 Å². The number of rotatable bonds is 13. The van der Waals surface area contributed by atoms with Crippen molar-refractivity contribution in [1.29, 1.82) is 0 Å². The highest BCUT2D eigenvalue weighted by Gasteiger charge is 2.20. The second-order valence-corrected chi connectivity index (χ2v) is 10.4. The van der Waals surface area contributed by atoms with Crippen LogP contribution in [0.1, 0.15) is 45.7 Å². The van der Waals surface area contributed by atoms with Crippen molar-refractivity contribution in [2.24, 2.45) is 0 Å². The maximum Gasteiger partial charge on any atom is 0.343 e. The van der Waals surface area contributed by atoms with Crippen molar-refractivity contribution in [3.05, 3.63) is 119 Å². The number of nitrogens with zero attached hydrogens (tertiary/aromatic N) is 1. The van der Waals surface area contributed by atoms with E-state index in [1.54, 1.807) is 92.0 Å². The third kappa shape index (κ3) is 9.69. The Kier molecular flexibility index (Phi) is 10.9. The standard InChI is InChI=1S/C35H34N2O8/c1-23(2)44-30-18-10-27(11-19-30)35(42)45-31-16-6-25(7-17-31)21-37(22-33(39)40)34(41)26-8-12-28(13-9-26)36-32(38)20-24-4-14-29(43-3)15-5-24/h4-19,23H,20-22H2,1-3H3,(H,36,38)(H,39,40). The van der Waals surface area contributed by atoms with Gasteiger partial charge >= 0.3 is 11.9 Å². The average molecular weight is 611 g/mol. The number of carbonyl (C=O) groups is 4. The molecule has 0 saturated heterocycles. The molecule has 0 heterocycles. The lowest BCUT2D eigenvalue weighted by Gasteiger charge is -2.21. The zero-order chi connectivity index (χ0) is 32.3. The Labute approximate surface area is 261 Å². The molecule has 0 saturated carbocycles. The normalized spacial score (nSPS) is 10.6. The summed E-state index contributed by atoms with van der Waals surface area (Å²) < 4.78 is 16.2. The molecule has 0 aromatic heterocycles. The molecule has 4 aromatic carbocycles. The second-order valence-electron chi connectivity index (χ2n) is 10.4. The Hall–Kier alpha value is -5.64. The zero-order valence-corrected chi connectivity index (χ0v) is 25.2. The molecule has 0 fully saturated rings. The predicted molar refractivity (Wildman–Crippen MR) is 168 cm³/mol. The maximum absolute atomic E-state index is 13.3.